The molecule has 0 atom stereocenters. The van der Waals surface area contributed by atoms with Crippen molar-refractivity contribution in [2.24, 2.45) is 0 Å². The summed E-state index contributed by atoms with van der Waals surface area (Å²) in [5, 5.41) is 13.4. The molecule has 0 aliphatic heterocycles. The van der Waals surface area contributed by atoms with Crippen molar-refractivity contribution < 1.29 is 9.90 Å². The molecule has 0 aliphatic rings. The summed E-state index contributed by atoms with van der Waals surface area (Å²) in [5.41, 5.74) is 2.20. The highest BCUT2D eigenvalue weighted by Crippen LogP contribution is 2.18. The largest absolute Gasteiger partial charge is 0.507 e. The summed E-state index contributed by atoms with van der Waals surface area (Å²) in [7, 11) is 0. The predicted octanol–water partition coefficient (Wildman–Crippen LogP) is 3.97. The molecule has 0 spiro atoms. The van der Waals surface area contributed by atoms with Crippen molar-refractivity contribution in [3.05, 3.63) is 59.7 Å². The number of para-hydroxylation sites is 1. The van der Waals surface area contributed by atoms with E-state index in [0.29, 0.717) is 0 Å². The number of phenolic OH excluding ortho intramolecular Hbond substituents is 1. The van der Waals surface area contributed by atoms with Gasteiger partial charge in [-0.1, -0.05) is 40.2 Å². The van der Waals surface area contributed by atoms with E-state index in [1.54, 1.807) is 18.2 Å². The van der Waals surface area contributed by atoms with Gasteiger partial charge in [0, 0.05) is 11.0 Å². The van der Waals surface area contributed by atoms with Crippen LogP contribution in [0, 0.1) is 0 Å². The van der Waals surface area contributed by atoms with Gasteiger partial charge in [0.1, 0.15) is 5.75 Å². The van der Waals surface area contributed by atoms with Crippen molar-refractivity contribution >= 4 is 27.5 Å². The molecule has 0 saturated carbocycles. The maximum absolute atomic E-state index is 12.1. The zero-order valence-electron chi connectivity index (χ0n) is 11.0. The molecule has 0 fully saturated rings. The van der Waals surface area contributed by atoms with E-state index in [-0.39, 0.29) is 17.2 Å². The second kappa shape index (κ2) is 7.10. The van der Waals surface area contributed by atoms with E-state index in [1.165, 1.54) is 11.6 Å². The number of rotatable bonds is 5. The third-order valence-electron chi connectivity index (χ3n) is 2.93. The minimum absolute atomic E-state index is 0.0135. The number of carbonyl (C=O) groups excluding carboxylic acids is 1. The zero-order valence-corrected chi connectivity index (χ0v) is 12.6. The van der Waals surface area contributed by atoms with Crippen molar-refractivity contribution in [3.63, 3.8) is 0 Å². The van der Waals surface area contributed by atoms with E-state index >= 15 is 0 Å². The van der Waals surface area contributed by atoms with Gasteiger partial charge in [0.25, 0.3) is 5.91 Å². The number of amides is 1. The van der Waals surface area contributed by atoms with Gasteiger partial charge in [0.2, 0.25) is 0 Å². The number of phenols is 1. The van der Waals surface area contributed by atoms with Crippen molar-refractivity contribution in [1.29, 1.82) is 0 Å². The van der Waals surface area contributed by atoms with Crippen LogP contribution >= 0.6 is 15.9 Å². The van der Waals surface area contributed by atoms with Crippen molar-refractivity contribution in [1.82, 2.24) is 0 Å². The summed E-state index contributed by atoms with van der Waals surface area (Å²) < 4.78 is 0. The van der Waals surface area contributed by atoms with Gasteiger partial charge in [0.15, 0.2) is 0 Å². The zero-order chi connectivity index (χ0) is 14.4. The lowest BCUT2D eigenvalue weighted by Crippen LogP contribution is -2.12. The molecule has 3 nitrogen and oxygen atoms in total. The Kier molecular flexibility index (Phi) is 5.18. The fraction of sp³-hybridized carbons (Fsp3) is 0.188. The van der Waals surface area contributed by atoms with Crippen LogP contribution in [0.4, 0.5) is 5.69 Å². The first-order chi connectivity index (χ1) is 9.70. The Morgan fingerprint density at radius 1 is 1.15 bits per heavy atom. The standard InChI is InChI=1S/C16H16BrNO2/c17-10-4-6-12-5-3-7-13(11-12)18-16(20)14-8-1-2-9-15(14)19/h1-3,5,7-9,11,19H,4,6,10H2,(H,18,20). The minimum atomic E-state index is -0.305. The molecule has 0 radical (unpaired) electrons. The predicted molar refractivity (Wildman–Crippen MR) is 84.6 cm³/mol. The molecule has 2 N–H and O–H groups in total. The Hall–Kier alpha value is -1.81. The topological polar surface area (TPSA) is 49.3 Å². The van der Waals surface area contributed by atoms with Gasteiger partial charge >= 0.3 is 0 Å². The molecule has 2 aromatic rings. The summed E-state index contributed by atoms with van der Waals surface area (Å²) in [4.78, 5) is 12.1. The number of benzene rings is 2. The molecule has 0 unspecified atom stereocenters. The molecule has 20 heavy (non-hydrogen) atoms. The molecule has 2 rings (SSSR count). The molecular formula is C16H16BrNO2. The van der Waals surface area contributed by atoms with E-state index in [0.717, 1.165) is 23.9 Å². The summed E-state index contributed by atoms with van der Waals surface area (Å²) in [6, 6.07) is 14.3. The smallest absolute Gasteiger partial charge is 0.259 e. The van der Waals surface area contributed by atoms with E-state index in [4.69, 9.17) is 0 Å². The average Bonchev–Trinajstić information content (AvgIpc) is 2.46. The number of alkyl halides is 1. The van der Waals surface area contributed by atoms with Crippen LogP contribution in [0.1, 0.15) is 22.3 Å². The van der Waals surface area contributed by atoms with Gasteiger partial charge in [0.05, 0.1) is 5.56 Å². The summed E-state index contributed by atoms with van der Waals surface area (Å²) in [6.07, 6.45) is 2.02. The van der Waals surface area contributed by atoms with Gasteiger partial charge < -0.3 is 10.4 Å². The minimum Gasteiger partial charge on any atom is -0.507 e. The van der Waals surface area contributed by atoms with Crippen LogP contribution in [0.5, 0.6) is 5.75 Å². The van der Waals surface area contributed by atoms with Crippen molar-refractivity contribution in [3.8, 4) is 5.75 Å². The molecule has 2 aromatic carbocycles. The number of hydrogen-bond acceptors (Lipinski definition) is 2. The lowest BCUT2D eigenvalue weighted by atomic mass is 10.1. The number of aryl methyl sites for hydroxylation is 1. The molecule has 0 bridgehead atoms. The highest BCUT2D eigenvalue weighted by molar-refractivity contribution is 9.09. The lowest BCUT2D eigenvalue weighted by molar-refractivity contribution is 0.102. The van der Waals surface area contributed by atoms with Crippen LogP contribution in [-0.2, 0) is 6.42 Å². The number of carbonyl (C=O) groups is 1. The molecule has 1 amide bonds. The molecule has 4 heteroatoms. The summed E-state index contributed by atoms with van der Waals surface area (Å²) in [5.74, 6) is -0.318. The van der Waals surface area contributed by atoms with E-state index in [1.807, 2.05) is 24.3 Å². The monoisotopic (exact) mass is 333 g/mol. The second-order valence-corrected chi connectivity index (χ2v) is 5.26. The van der Waals surface area contributed by atoms with Crippen LogP contribution in [-0.4, -0.2) is 16.3 Å². The van der Waals surface area contributed by atoms with Crippen LogP contribution in [0.15, 0.2) is 48.5 Å². The highest BCUT2D eigenvalue weighted by atomic mass is 79.9. The van der Waals surface area contributed by atoms with Crippen LogP contribution in [0.3, 0.4) is 0 Å². The number of hydrogen-bond donors (Lipinski definition) is 2. The maximum atomic E-state index is 12.1. The number of nitrogens with one attached hydrogen (secondary N) is 1. The lowest BCUT2D eigenvalue weighted by Gasteiger charge is -2.08. The number of anilines is 1. The first-order valence-electron chi connectivity index (χ1n) is 6.45. The summed E-state index contributed by atoms with van der Waals surface area (Å²) in [6.45, 7) is 0. The van der Waals surface area contributed by atoms with Crippen molar-refractivity contribution in [2.45, 2.75) is 12.8 Å². The quantitative estimate of drug-likeness (QED) is 0.813. The van der Waals surface area contributed by atoms with Crippen LogP contribution in [0.2, 0.25) is 0 Å². The Morgan fingerprint density at radius 2 is 1.95 bits per heavy atom. The fourth-order valence-corrected chi connectivity index (χ4v) is 2.22. The Labute approximate surface area is 126 Å². The molecule has 0 saturated heterocycles. The third-order valence-corrected chi connectivity index (χ3v) is 3.49. The van der Waals surface area contributed by atoms with E-state index in [2.05, 4.69) is 21.2 Å². The first-order valence-corrected chi connectivity index (χ1v) is 7.57. The maximum Gasteiger partial charge on any atom is 0.259 e. The van der Waals surface area contributed by atoms with Gasteiger partial charge in [-0.25, -0.2) is 0 Å². The van der Waals surface area contributed by atoms with Gasteiger partial charge in [-0.15, -0.1) is 0 Å². The van der Waals surface area contributed by atoms with E-state index < -0.39 is 0 Å². The van der Waals surface area contributed by atoms with Gasteiger partial charge in [-0.2, -0.15) is 0 Å². The second-order valence-electron chi connectivity index (χ2n) is 4.46. The normalized spacial score (nSPS) is 10.2. The molecule has 0 aliphatic carbocycles. The van der Waals surface area contributed by atoms with Gasteiger partial charge in [-0.05, 0) is 42.7 Å². The first kappa shape index (κ1) is 14.6. The molecule has 104 valence electrons. The molecule has 0 heterocycles. The van der Waals surface area contributed by atoms with E-state index in [9.17, 15) is 9.90 Å². The average molecular weight is 334 g/mol. The number of aromatic hydroxyl groups is 1. The Morgan fingerprint density at radius 3 is 2.70 bits per heavy atom. The van der Waals surface area contributed by atoms with Gasteiger partial charge in [-0.3, -0.25) is 4.79 Å². The summed E-state index contributed by atoms with van der Waals surface area (Å²) >= 11 is 3.41. The Bertz CT molecular complexity index is 599. The fourth-order valence-electron chi connectivity index (χ4n) is 1.94. The molecular weight excluding hydrogens is 318 g/mol. The SMILES string of the molecule is O=C(Nc1cccc(CCCBr)c1)c1ccccc1O. The Balaban J connectivity index is 2.10. The van der Waals surface area contributed by atoms with Crippen LogP contribution in [0.25, 0.3) is 0 Å². The molecule has 0 aromatic heterocycles. The number of halogens is 1. The third kappa shape index (κ3) is 3.84. The highest BCUT2D eigenvalue weighted by Gasteiger charge is 2.10. The van der Waals surface area contributed by atoms with Crippen LogP contribution < -0.4 is 5.32 Å². The van der Waals surface area contributed by atoms with Crippen molar-refractivity contribution in [2.75, 3.05) is 10.6 Å².